The van der Waals surface area contributed by atoms with E-state index in [-0.39, 0.29) is 0 Å². The molecule has 2 bridgehead atoms. The topological polar surface area (TPSA) is 49.5 Å². The Morgan fingerprint density at radius 3 is 2.50 bits per heavy atom. The fraction of sp³-hybridized carbons (Fsp3) is 1.00. The average Bonchev–Trinajstić information content (AvgIpc) is 2.27. The van der Waals surface area contributed by atoms with Gasteiger partial charge in [-0.25, -0.2) is 0 Å². The van der Waals surface area contributed by atoms with E-state index >= 15 is 0 Å². The van der Waals surface area contributed by atoms with Gasteiger partial charge in [-0.2, -0.15) is 0 Å². The van der Waals surface area contributed by atoms with Crippen LogP contribution in [0.15, 0.2) is 0 Å². The number of aliphatic hydroxyl groups is 1. The number of hydrogen-bond donors (Lipinski definition) is 2. The largest absolute Gasteiger partial charge is 0.386 e. The van der Waals surface area contributed by atoms with Gasteiger partial charge >= 0.3 is 0 Å². The van der Waals surface area contributed by atoms with Crippen LogP contribution >= 0.6 is 0 Å². The summed E-state index contributed by atoms with van der Waals surface area (Å²) < 4.78 is 0. The number of piperidine rings is 3. The Balaban J connectivity index is 2.11. The summed E-state index contributed by atoms with van der Waals surface area (Å²) >= 11 is 0. The molecule has 0 radical (unpaired) electrons. The standard InChI is InChI=1S/C13H26N2O/c1-3-4-7-12(2,14)13(16)10-15-8-5-11(13)6-9-15/h11,16H,3-10,14H2,1-2H3. The molecule has 2 unspecified atom stereocenters. The Kier molecular flexibility index (Phi) is 3.30. The number of nitrogens with two attached hydrogens (primary N) is 1. The lowest BCUT2D eigenvalue weighted by Crippen LogP contribution is -2.71. The summed E-state index contributed by atoms with van der Waals surface area (Å²) in [5.41, 5.74) is 5.34. The first-order valence-electron chi connectivity index (χ1n) is 6.73. The van der Waals surface area contributed by atoms with Crippen LogP contribution in [-0.4, -0.2) is 40.8 Å². The molecular weight excluding hydrogens is 200 g/mol. The molecule has 3 aliphatic rings. The molecule has 0 aromatic rings. The van der Waals surface area contributed by atoms with Crippen LogP contribution in [0.3, 0.4) is 0 Å². The van der Waals surface area contributed by atoms with Gasteiger partial charge in [0.2, 0.25) is 0 Å². The van der Waals surface area contributed by atoms with Gasteiger partial charge in [0.25, 0.3) is 0 Å². The van der Waals surface area contributed by atoms with Crippen LogP contribution in [0.5, 0.6) is 0 Å². The van der Waals surface area contributed by atoms with Gasteiger partial charge in [0.1, 0.15) is 0 Å². The molecule has 0 saturated carbocycles. The maximum atomic E-state index is 10.9. The van der Waals surface area contributed by atoms with Crippen LogP contribution < -0.4 is 5.73 Å². The van der Waals surface area contributed by atoms with Gasteiger partial charge in [-0.3, -0.25) is 0 Å². The lowest BCUT2D eigenvalue weighted by Gasteiger charge is -2.56. The quantitative estimate of drug-likeness (QED) is 0.761. The second-order valence-electron chi connectivity index (χ2n) is 6.00. The molecule has 3 rings (SSSR count). The maximum absolute atomic E-state index is 10.9. The van der Waals surface area contributed by atoms with Crippen LogP contribution in [0.2, 0.25) is 0 Å². The first-order valence-corrected chi connectivity index (χ1v) is 6.73. The van der Waals surface area contributed by atoms with E-state index in [1.165, 1.54) is 0 Å². The summed E-state index contributed by atoms with van der Waals surface area (Å²) in [5, 5.41) is 10.9. The number of hydrogen-bond acceptors (Lipinski definition) is 3. The molecule has 3 nitrogen and oxygen atoms in total. The van der Waals surface area contributed by atoms with E-state index in [4.69, 9.17) is 5.73 Å². The van der Waals surface area contributed by atoms with Crippen LogP contribution in [0, 0.1) is 5.92 Å². The zero-order valence-corrected chi connectivity index (χ0v) is 10.7. The van der Waals surface area contributed by atoms with Gasteiger partial charge in [0, 0.05) is 12.1 Å². The van der Waals surface area contributed by atoms with E-state index < -0.39 is 11.1 Å². The molecule has 3 fully saturated rings. The zero-order chi connectivity index (χ0) is 11.8. The van der Waals surface area contributed by atoms with Gasteiger partial charge in [-0.15, -0.1) is 0 Å². The number of unbranched alkanes of at least 4 members (excludes halogenated alkanes) is 1. The highest BCUT2D eigenvalue weighted by Gasteiger charge is 2.54. The summed E-state index contributed by atoms with van der Waals surface area (Å²) in [4.78, 5) is 2.37. The fourth-order valence-electron chi connectivity index (χ4n) is 3.45. The average molecular weight is 226 g/mol. The Hall–Kier alpha value is -0.120. The van der Waals surface area contributed by atoms with Crippen molar-refractivity contribution in [3.8, 4) is 0 Å². The molecule has 94 valence electrons. The van der Waals surface area contributed by atoms with E-state index in [0.717, 1.165) is 51.7 Å². The minimum absolute atomic E-state index is 0.421. The van der Waals surface area contributed by atoms with Gasteiger partial charge in [-0.1, -0.05) is 19.8 Å². The molecule has 16 heavy (non-hydrogen) atoms. The van der Waals surface area contributed by atoms with Crippen molar-refractivity contribution in [3.05, 3.63) is 0 Å². The van der Waals surface area contributed by atoms with Crippen LogP contribution in [0.4, 0.5) is 0 Å². The summed E-state index contributed by atoms with van der Waals surface area (Å²) in [7, 11) is 0. The summed E-state index contributed by atoms with van der Waals surface area (Å²) in [6.45, 7) is 7.31. The Labute approximate surface area is 99.0 Å². The van der Waals surface area contributed by atoms with Crippen molar-refractivity contribution in [2.75, 3.05) is 19.6 Å². The third-order valence-corrected chi connectivity index (χ3v) is 4.77. The first kappa shape index (κ1) is 12.3. The first-order chi connectivity index (χ1) is 7.49. The SMILES string of the molecule is CCCCC(C)(N)C1(O)CN2CCC1CC2. The lowest BCUT2D eigenvalue weighted by molar-refractivity contribution is -0.153. The molecule has 2 atom stereocenters. The summed E-state index contributed by atoms with van der Waals surface area (Å²) in [6, 6.07) is 0. The minimum Gasteiger partial charge on any atom is -0.386 e. The van der Waals surface area contributed by atoms with Crippen molar-refractivity contribution in [2.45, 2.75) is 57.1 Å². The van der Waals surface area contributed by atoms with Crippen molar-refractivity contribution < 1.29 is 5.11 Å². The monoisotopic (exact) mass is 226 g/mol. The Bertz CT molecular complexity index is 246. The number of rotatable bonds is 4. The Morgan fingerprint density at radius 1 is 1.44 bits per heavy atom. The highest BCUT2D eigenvalue weighted by molar-refractivity contribution is 5.10. The lowest BCUT2D eigenvalue weighted by atomic mass is 9.64. The predicted molar refractivity (Wildman–Crippen MR) is 66.2 cm³/mol. The van der Waals surface area contributed by atoms with Crippen molar-refractivity contribution in [1.29, 1.82) is 0 Å². The van der Waals surface area contributed by atoms with Gasteiger partial charge in [-0.05, 0) is 45.2 Å². The van der Waals surface area contributed by atoms with Crippen LogP contribution in [0.25, 0.3) is 0 Å². The molecule has 0 aliphatic carbocycles. The van der Waals surface area contributed by atoms with Crippen LogP contribution in [0.1, 0.15) is 46.0 Å². The van der Waals surface area contributed by atoms with Gasteiger partial charge in [0.05, 0.1) is 5.60 Å². The highest BCUT2D eigenvalue weighted by atomic mass is 16.3. The van der Waals surface area contributed by atoms with Gasteiger partial charge in [0.15, 0.2) is 0 Å². The summed E-state index contributed by atoms with van der Waals surface area (Å²) in [5.74, 6) is 0.421. The minimum atomic E-state index is -0.654. The van der Waals surface area contributed by atoms with Gasteiger partial charge < -0.3 is 15.7 Å². The molecule has 3 heteroatoms. The molecule has 0 aromatic heterocycles. The molecule has 0 amide bonds. The van der Waals surface area contributed by atoms with Crippen molar-refractivity contribution in [2.24, 2.45) is 11.7 Å². The smallest absolute Gasteiger partial charge is 0.0978 e. The Morgan fingerprint density at radius 2 is 2.06 bits per heavy atom. The molecule has 3 saturated heterocycles. The normalized spacial score (nSPS) is 42.0. The molecule has 3 aliphatic heterocycles. The molecular formula is C13H26N2O. The van der Waals surface area contributed by atoms with E-state index in [1.54, 1.807) is 0 Å². The molecule has 3 N–H and O–H groups in total. The zero-order valence-electron chi connectivity index (χ0n) is 10.7. The third kappa shape index (κ3) is 1.89. The second-order valence-corrected chi connectivity index (χ2v) is 6.00. The second kappa shape index (κ2) is 4.28. The molecule has 0 aromatic carbocycles. The maximum Gasteiger partial charge on any atom is 0.0978 e. The summed E-state index contributed by atoms with van der Waals surface area (Å²) in [6.07, 6.45) is 5.44. The van der Waals surface area contributed by atoms with Crippen molar-refractivity contribution in [1.82, 2.24) is 4.90 Å². The van der Waals surface area contributed by atoms with E-state index in [0.29, 0.717) is 5.92 Å². The highest BCUT2D eigenvalue weighted by Crippen LogP contribution is 2.42. The van der Waals surface area contributed by atoms with E-state index in [1.807, 2.05) is 6.92 Å². The molecule has 0 spiro atoms. The fourth-order valence-corrected chi connectivity index (χ4v) is 3.45. The number of nitrogens with zero attached hydrogens (tertiary/aromatic N) is 1. The van der Waals surface area contributed by atoms with E-state index in [9.17, 15) is 5.11 Å². The van der Waals surface area contributed by atoms with Crippen LogP contribution in [-0.2, 0) is 0 Å². The van der Waals surface area contributed by atoms with Crippen molar-refractivity contribution >= 4 is 0 Å². The third-order valence-electron chi connectivity index (χ3n) is 4.77. The van der Waals surface area contributed by atoms with Crippen molar-refractivity contribution in [3.63, 3.8) is 0 Å². The molecule has 3 heterocycles. The number of fused-ring (bicyclic) bond motifs is 3. The van der Waals surface area contributed by atoms with E-state index in [2.05, 4.69) is 11.8 Å². The predicted octanol–water partition coefficient (Wildman–Crippen LogP) is 1.35.